The van der Waals surface area contributed by atoms with Gasteiger partial charge in [-0.2, -0.15) is 0 Å². The number of carbonyl (C=O) groups is 1. The third kappa shape index (κ3) is 6.37. The molecular formula is C17H20N2O4. The van der Waals surface area contributed by atoms with Gasteiger partial charge in [0.1, 0.15) is 18.2 Å². The zero-order valence-corrected chi connectivity index (χ0v) is 13.0. The molecule has 23 heavy (non-hydrogen) atoms. The quantitative estimate of drug-likeness (QED) is 0.579. The molecule has 2 aromatic rings. The van der Waals surface area contributed by atoms with Gasteiger partial charge in [-0.05, 0) is 36.4 Å². The maximum absolute atomic E-state index is 11.7. The van der Waals surface area contributed by atoms with E-state index in [-0.39, 0.29) is 12.8 Å². The van der Waals surface area contributed by atoms with Crippen molar-refractivity contribution in [3.63, 3.8) is 0 Å². The van der Waals surface area contributed by atoms with Crippen molar-refractivity contribution in [1.82, 2.24) is 5.32 Å². The first-order chi connectivity index (χ1) is 11.3. The van der Waals surface area contributed by atoms with Crippen LogP contribution in [0.3, 0.4) is 0 Å². The molecule has 0 atom stereocenters. The van der Waals surface area contributed by atoms with Gasteiger partial charge in [-0.15, -0.1) is 0 Å². The molecule has 0 bridgehead atoms. The fourth-order valence-electron chi connectivity index (χ4n) is 1.74. The standard InChI is InChI=1S/C17H20N2O4/c1-21-11-12-22-13-18-17(20)19-14-7-9-16(10-8-14)23-15-5-3-2-4-6-15/h2-10H,11-13H2,1H3,(H2,18,19,20). The van der Waals surface area contributed by atoms with Gasteiger partial charge >= 0.3 is 6.03 Å². The van der Waals surface area contributed by atoms with E-state index in [1.165, 1.54) is 0 Å². The van der Waals surface area contributed by atoms with Crippen LogP contribution in [0.15, 0.2) is 54.6 Å². The van der Waals surface area contributed by atoms with Gasteiger partial charge in [-0.25, -0.2) is 4.79 Å². The summed E-state index contributed by atoms with van der Waals surface area (Å²) in [5.41, 5.74) is 0.666. The molecule has 0 heterocycles. The van der Waals surface area contributed by atoms with Crippen molar-refractivity contribution in [3.8, 4) is 11.5 Å². The Hall–Kier alpha value is -2.57. The summed E-state index contributed by atoms with van der Waals surface area (Å²) in [6, 6.07) is 16.3. The van der Waals surface area contributed by atoms with E-state index in [2.05, 4.69) is 10.6 Å². The first-order valence-corrected chi connectivity index (χ1v) is 7.22. The Morgan fingerprint density at radius 1 is 0.957 bits per heavy atom. The van der Waals surface area contributed by atoms with Crippen molar-refractivity contribution >= 4 is 11.7 Å². The summed E-state index contributed by atoms with van der Waals surface area (Å²) >= 11 is 0. The molecule has 6 heteroatoms. The van der Waals surface area contributed by atoms with E-state index in [4.69, 9.17) is 14.2 Å². The second kappa shape index (κ2) is 9.45. The molecule has 0 saturated heterocycles. The molecule has 0 radical (unpaired) electrons. The van der Waals surface area contributed by atoms with Crippen LogP contribution in [-0.4, -0.2) is 33.1 Å². The largest absolute Gasteiger partial charge is 0.457 e. The van der Waals surface area contributed by atoms with Crippen LogP contribution in [0.2, 0.25) is 0 Å². The zero-order chi connectivity index (χ0) is 16.3. The van der Waals surface area contributed by atoms with Gasteiger partial charge in [0, 0.05) is 12.8 Å². The number of urea groups is 1. The Labute approximate surface area is 135 Å². The van der Waals surface area contributed by atoms with Crippen LogP contribution < -0.4 is 15.4 Å². The monoisotopic (exact) mass is 316 g/mol. The van der Waals surface area contributed by atoms with Crippen molar-refractivity contribution in [2.75, 3.05) is 32.4 Å². The average Bonchev–Trinajstić information content (AvgIpc) is 2.57. The highest BCUT2D eigenvalue weighted by molar-refractivity contribution is 5.89. The number of amides is 2. The predicted octanol–water partition coefficient (Wildman–Crippen LogP) is 3.22. The van der Waals surface area contributed by atoms with E-state index in [9.17, 15) is 4.79 Å². The van der Waals surface area contributed by atoms with E-state index >= 15 is 0 Å². The molecule has 0 aliphatic rings. The molecule has 0 saturated carbocycles. The molecule has 0 spiro atoms. The molecular weight excluding hydrogens is 296 g/mol. The number of ether oxygens (including phenoxy) is 3. The number of hydrogen-bond donors (Lipinski definition) is 2. The highest BCUT2D eigenvalue weighted by Gasteiger charge is 2.02. The summed E-state index contributed by atoms with van der Waals surface area (Å²) in [5, 5.41) is 5.29. The summed E-state index contributed by atoms with van der Waals surface area (Å²) in [6.45, 7) is 1.05. The van der Waals surface area contributed by atoms with Gasteiger partial charge in [0.15, 0.2) is 0 Å². The lowest BCUT2D eigenvalue weighted by Crippen LogP contribution is -2.31. The van der Waals surface area contributed by atoms with Crippen LogP contribution in [0.25, 0.3) is 0 Å². The third-order valence-corrected chi connectivity index (χ3v) is 2.86. The first-order valence-electron chi connectivity index (χ1n) is 7.22. The predicted molar refractivity (Wildman–Crippen MR) is 87.8 cm³/mol. The molecule has 2 amide bonds. The van der Waals surface area contributed by atoms with Gasteiger partial charge < -0.3 is 24.8 Å². The highest BCUT2D eigenvalue weighted by atomic mass is 16.5. The number of nitrogens with one attached hydrogen (secondary N) is 2. The van der Waals surface area contributed by atoms with Crippen LogP contribution >= 0.6 is 0 Å². The van der Waals surface area contributed by atoms with Crippen LogP contribution in [0.4, 0.5) is 10.5 Å². The molecule has 0 fully saturated rings. The number of anilines is 1. The van der Waals surface area contributed by atoms with Crippen molar-refractivity contribution in [1.29, 1.82) is 0 Å². The minimum atomic E-state index is -0.334. The van der Waals surface area contributed by atoms with Crippen molar-refractivity contribution in [2.24, 2.45) is 0 Å². The molecule has 2 aromatic carbocycles. The first kappa shape index (κ1) is 16.8. The van der Waals surface area contributed by atoms with Gasteiger partial charge in [0.25, 0.3) is 0 Å². The summed E-state index contributed by atoms with van der Waals surface area (Å²) in [7, 11) is 1.59. The van der Waals surface area contributed by atoms with E-state index in [0.717, 1.165) is 5.75 Å². The highest BCUT2D eigenvalue weighted by Crippen LogP contribution is 2.22. The topological polar surface area (TPSA) is 68.8 Å². The van der Waals surface area contributed by atoms with Crippen LogP contribution in [-0.2, 0) is 9.47 Å². The molecule has 122 valence electrons. The number of para-hydroxylation sites is 1. The summed E-state index contributed by atoms with van der Waals surface area (Å²) in [5.74, 6) is 1.46. The van der Waals surface area contributed by atoms with Gasteiger partial charge in [0.05, 0.1) is 13.2 Å². The lowest BCUT2D eigenvalue weighted by atomic mass is 10.3. The Kier molecular flexibility index (Phi) is 6.90. The summed E-state index contributed by atoms with van der Waals surface area (Å²) in [4.78, 5) is 11.7. The maximum atomic E-state index is 11.7. The number of methoxy groups -OCH3 is 1. The number of rotatable bonds is 8. The molecule has 0 aliphatic carbocycles. The fourth-order valence-corrected chi connectivity index (χ4v) is 1.74. The van der Waals surface area contributed by atoms with Crippen molar-refractivity contribution in [2.45, 2.75) is 0 Å². The Balaban J connectivity index is 1.75. The summed E-state index contributed by atoms with van der Waals surface area (Å²) < 4.78 is 15.7. The minimum absolute atomic E-state index is 0.129. The Morgan fingerprint density at radius 3 is 2.35 bits per heavy atom. The van der Waals surface area contributed by atoms with E-state index < -0.39 is 0 Å². The van der Waals surface area contributed by atoms with Crippen LogP contribution in [0.1, 0.15) is 0 Å². The molecule has 0 aromatic heterocycles. The fraction of sp³-hybridized carbons (Fsp3) is 0.235. The van der Waals surface area contributed by atoms with Crippen molar-refractivity contribution < 1.29 is 19.0 Å². The van der Waals surface area contributed by atoms with E-state index in [1.54, 1.807) is 31.4 Å². The van der Waals surface area contributed by atoms with Gasteiger partial charge in [0.2, 0.25) is 0 Å². The second-order valence-corrected chi connectivity index (χ2v) is 4.62. The lowest BCUT2D eigenvalue weighted by Gasteiger charge is -2.09. The summed E-state index contributed by atoms with van der Waals surface area (Å²) in [6.07, 6.45) is 0. The van der Waals surface area contributed by atoms with E-state index in [1.807, 2.05) is 30.3 Å². The van der Waals surface area contributed by atoms with Crippen molar-refractivity contribution in [3.05, 3.63) is 54.6 Å². The zero-order valence-electron chi connectivity index (χ0n) is 13.0. The average molecular weight is 316 g/mol. The number of benzene rings is 2. The minimum Gasteiger partial charge on any atom is -0.457 e. The lowest BCUT2D eigenvalue weighted by molar-refractivity contribution is 0.0650. The SMILES string of the molecule is COCCOCNC(=O)Nc1ccc(Oc2ccccc2)cc1. The molecule has 6 nitrogen and oxygen atoms in total. The van der Waals surface area contributed by atoms with Crippen LogP contribution in [0, 0.1) is 0 Å². The molecule has 0 aliphatic heterocycles. The normalized spacial score (nSPS) is 10.1. The van der Waals surface area contributed by atoms with Crippen LogP contribution in [0.5, 0.6) is 11.5 Å². The third-order valence-electron chi connectivity index (χ3n) is 2.86. The Morgan fingerprint density at radius 2 is 1.65 bits per heavy atom. The van der Waals surface area contributed by atoms with Gasteiger partial charge in [-0.1, -0.05) is 18.2 Å². The molecule has 0 unspecified atom stereocenters. The number of hydrogen-bond acceptors (Lipinski definition) is 4. The van der Waals surface area contributed by atoms with E-state index in [0.29, 0.717) is 24.7 Å². The Bertz CT molecular complexity index is 587. The smallest absolute Gasteiger partial charge is 0.321 e. The second-order valence-electron chi connectivity index (χ2n) is 4.62. The van der Waals surface area contributed by atoms with Gasteiger partial charge in [-0.3, -0.25) is 0 Å². The molecule has 2 rings (SSSR count). The number of carbonyl (C=O) groups excluding carboxylic acids is 1. The molecule has 2 N–H and O–H groups in total. The maximum Gasteiger partial charge on any atom is 0.321 e.